The van der Waals surface area contributed by atoms with Gasteiger partial charge in [-0.05, 0) is 69.0 Å². The van der Waals surface area contributed by atoms with Crippen LogP contribution in [0.3, 0.4) is 0 Å². The average Bonchev–Trinajstić information content (AvgIpc) is 2.48. The van der Waals surface area contributed by atoms with Gasteiger partial charge in [0.05, 0.1) is 5.56 Å². The molecule has 25 heavy (non-hydrogen) atoms. The first-order chi connectivity index (χ1) is 11.5. The standard InChI is InChI=1S/C19H21F4NS/c1-18(2,24)10-4-5-13-8-9-16(12-17(13)20)25-15-7-3-6-14(11-15)19(21,22)23/h3,6-9,11-12H,4-5,10,24H2,1-2H3. The highest BCUT2D eigenvalue weighted by atomic mass is 32.2. The van der Waals surface area contributed by atoms with Gasteiger partial charge >= 0.3 is 6.18 Å². The number of hydrogen-bond donors (Lipinski definition) is 1. The molecule has 2 aromatic carbocycles. The third kappa shape index (κ3) is 6.36. The first kappa shape index (κ1) is 19.8. The number of rotatable bonds is 6. The molecule has 0 amide bonds. The van der Waals surface area contributed by atoms with Crippen LogP contribution in [0.25, 0.3) is 0 Å². The van der Waals surface area contributed by atoms with Gasteiger partial charge in [-0.1, -0.05) is 23.9 Å². The largest absolute Gasteiger partial charge is 0.416 e. The molecule has 136 valence electrons. The number of nitrogens with two attached hydrogens (primary N) is 1. The van der Waals surface area contributed by atoms with E-state index < -0.39 is 11.7 Å². The summed E-state index contributed by atoms with van der Waals surface area (Å²) in [6.45, 7) is 3.86. The van der Waals surface area contributed by atoms with Crippen LogP contribution in [0.4, 0.5) is 17.6 Å². The summed E-state index contributed by atoms with van der Waals surface area (Å²) < 4.78 is 52.5. The molecule has 0 fully saturated rings. The number of benzene rings is 2. The van der Waals surface area contributed by atoms with Crippen molar-refractivity contribution in [2.45, 2.75) is 54.6 Å². The molecule has 2 aromatic rings. The molecule has 0 aliphatic carbocycles. The van der Waals surface area contributed by atoms with Crippen molar-refractivity contribution < 1.29 is 17.6 Å². The monoisotopic (exact) mass is 371 g/mol. The summed E-state index contributed by atoms with van der Waals surface area (Å²) in [5, 5.41) is 0. The summed E-state index contributed by atoms with van der Waals surface area (Å²) in [6.07, 6.45) is -2.24. The summed E-state index contributed by atoms with van der Waals surface area (Å²) >= 11 is 1.11. The first-order valence-electron chi connectivity index (χ1n) is 7.97. The van der Waals surface area contributed by atoms with E-state index >= 15 is 0 Å². The van der Waals surface area contributed by atoms with E-state index in [-0.39, 0.29) is 11.4 Å². The lowest BCUT2D eigenvalue weighted by Gasteiger charge is -2.18. The number of hydrogen-bond acceptors (Lipinski definition) is 2. The molecule has 0 aliphatic rings. The van der Waals surface area contributed by atoms with E-state index in [0.717, 1.165) is 36.7 Å². The van der Waals surface area contributed by atoms with E-state index in [1.165, 1.54) is 12.1 Å². The molecule has 0 aliphatic heterocycles. The van der Waals surface area contributed by atoms with Gasteiger partial charge in [-0.2, -0.15) is 13.2 Å². The highest BCUT2D eigenvalue weighted by molar-refractivity contribution is 7.99. The summed E-state index contributed by atoms with van der Waals surface area (Å²) in [6, 6.07) is 9.81. The van der Waals surface area contributed by atoms with Crippen LogP contribution in [-0.2, 0) is 12.6 Å². The van der Waals surface area contributed by atoms with E-state index in [2.05, 4.69) is 0 Å². The van der Waals surface area contributed by atoms with Crippen LogP contribution in [0, 0.1) is 5.82 Å². The zero-order valence-electron chi connectivity index (χ0n) is 14.2. The molecule has 0 aromatic heterocycles. The van der Waals surface area contributed by atoms with E-state index in [9.17, 15) is 17.6 Å². The highest BCUT2D eigenvalue weighted by Gasteiger charge is 2.30. The smallest absolute Gasteiger partial charge is 0.326 e. The summed E-state index contributed by atoms with van der Waals surface area (Å²) in [4.78, 5) is 0.992. The van der Waals surface area contributed by atoms with Gasteiger partial charge in [-0.15, -0.1) is 0 Å². The van der Waals surface area contributed by atoms with Crippen LogP contribution in [0.2, 0.25) is 0 Å². The lowest BCUT2D eigenvalue weighted by molar-refractivity contribution is -0.137. The maximum Gasteiger partial charge on any atom is 0.416 e. The third-order valence-electron chi connectivity index (χ3n) is 3.69. The maximum absolute atomic E-state index is 14.2. The predicted molar refractivity (Wildman–Crippen MR) is 93.2 cm³/mol. The zero-order valence-corrected chi connectivity index (χ0v) is 15.0. The van der Waals surface area contributed by atoms with Gasteiger partial charge < -0.3 is 5.73 Å². The fourth-order valence-electron chi connectivity index (χ4n) is 2.40. The van der Waals surface area contributed by atoms with Crippen molar-refractivity contribution in [2.75, 3.05) is 0 Å². The second-order valence-corrected chi connectivity index (χ2v) is 7.87. The minimum absolute atomic E-state index is 0.282. The molecule has 0 radical (unpaired) electrons. The molecule has 0 saturated heterocycles. The molecule has 0 heterocycles. The van der Waals surface area contributed by atoms with Gasteiger partial charge in [0.15, 0.2) is 0 Å². The van der Waals surface area contributed by atoms with E-state index in [1.54, 1.807) is 18.2 Å². The number of alkyl halides is 3. The third-order valence-corrected chi connectivity index (χ3v) is 4.67. The van der Waals surface area contributed by atoms with Crippen LogP contribution in [0.1, 0.15) is 37.8 Å². The quantitative estimate of drug-likeness (QED) is 0.625. The van der Waals surface area contributed by atoms with Crippen molar-refractivity contribution in [2.24, 2.45) is 5.73 Å². The van der Waals surface area contributed by atoms with Gasteiger partial charge in [0.25, 0.3) is 0 Å². The van der Waals surface area contributed by atoms with Gasteiger partial charge in [0, 0.05) is 15.3 Å². The van der Waals surface area contributed by atoms with Crippen molar-refractivity contribution in [3.05, 3.63) is 59.4 Å². The summed E-state index contributed by atoms with van der Waals surface area (Å²) in [7, 11) is 0. The second kappa shape index (κ2) is 7.79. The molecule has 0 unspecified atom stereocenters. The SMILES string of the molecule is CC(C)(N)CCCc1ccc(Sc2cccc(C(F)(F)F)c2)cc1F. The van der Waals surface area contributed by atoms with Gasteiger partial charge in [-0.3, -0.25) is 0 Å². The number of halogens is 4. The molecule has 2 N–H and O–H groups in total. The van der Waals surface area contributed by atoms with E-state index in [4.69, 9.17) is 5.73 Å². The zero-order chi connectivity index (χ0) is 18.7. The Morgan fingerprint density at radius 1 is 1.00 bits per heavy atom. The van der Waals surface area contributed by atoms with Gasteiger partial charge in [0.2, 0.25) is 0 Å². The molecule has 0 bridgehead atoms. The van der Waals surface area contributed by atoms with E-state index in [1.807, 2.05) is 13.8 Å². The minimum atomic E-state index is -4.39. The Hall–Kier alpha value is -1.53. The van der Waals surface area contributed by atoms with Crippen molar-refractivity contribution >= 4 is 11.8 Å². The van der Waals surface area contributed by atoms with Crippen molar-refractivity contribution in [1.29, 1.82) is 0 Å². The topological polar surface area (TPSA) is 26.0 Å². The lowest BCUT2D eigenvalue weighted by Crippen LogP contribution is -2.31. The fourth-order valence-corrected chi connectivity index (χ4v) is 3.30. The molecular weight excluding hydrogens is 350 g/mol. The molecule has 1 nitrogen and oxygen atoms in total. The lowest BCUT2D eigenvalue weighted by atomic mass is 9.97. The maximum atomic E-state index is 14.2. The molecule has 0 spiro atoms. The highest BCUT2D eigenvalue weighted by Crippen LogP contribution is 2.34. The summed E-state index contributed by atoms with van der Waals surface area (Å²) in [5.41, 5.74) is 5.52. The van der Waals surface area contributed by atoms with Crippen LogP contribution in [0.5, 0.6) is 0 Å². The van der Waals surface area contributed by atoms with Gasteiger partial charge in [0.1, 0.15) is 5.82 Å². The van der Waals surface area contributed by atoms with Crippen molar-refractivity contribution in [3.8, 4) is 0 Å². The van der Waals surface area contributed by atoms with Crippen LogP contribution < -0.4 is 5.73 Å². The average molecular weight is 371 g/mol. The molecule has 0 saturated carbocycles. The molecule has 6 heteroatoms. The van der Waals surface area contributed by atoms with Crippen LogP contribution >= 0.6 is 11.8 Å². The normalized spacial score (nSPS) is 12.4. The molecular formula is C19H21F4NS. The number of aryl methyl sites for hydroxylation is 1. The van der Waals surface area contributed by atoms with Crippen molar-refractivity contribution in [1.82, 2.24) is 0 Å². The Morgan fingerprint density at radius 2 is 1.68 bits per heavy atom. The Kier molecular flexibility index (Phi) is 6.16. The van der Waals surface area contributed by atoms with Gasteiger partial charge in [-0.25, -0.2) is 4.39 Å². The Balaban J connectivity index is 2.06. The van der Waals surface area contributed by atoms with Crippen LogP contribution in [-0.4, -0.2) is 5.54 Å². The second-order valence-electron chi connectivity index (χ2n) is 6.72. The first-order valence-corrected chi connectivity index (χ1v) is 8.79. The Morgan fingerprint density at radius 3 is 2.28 bits per heavy atom. The molecule has 2 rings (SSSR count). The summed E-state index contributed by atoms with van der Waals surface area (Å²) in [5.74, 6) is -0.341. The minimum Gasteiger partial charge on any atom is -0.326 e. The fraction of sp³-hybridized carbons (Fsp3) is 0.368. The predicted octanol–water partition coefficient (Wildman–Crippen LogP) is 6.06. The Bertz CT molecular complexity index is 720. The van der Waals surface area contributed by atoms with Crippen molar-refractivity contribution in [3.63, 3.8) is 0 Å². The van der Waals surface area contributed by atoms with E-state index in [0.29, 0.717) is 21.8 Å². The Labute approximate surface area is 149 Å². The molecule has 0 atom stereocenters. The van der Waals surface area contributed by atoms with Crippen LogP contribution in [0.15, 0.2) is 52.3 Å².